The largest absolute Gasteiger partial charge is 0.496 e. The standard InChI is InChI=1S/C24H30N4O3/c1-4-25-23(29)16-8-11-22(26-14-16)28-18-9-10-19(28)13-17(12-18)27-24(30)20-6-5-7-21(31-3)15(20)2/h5-8,11,14,17-19H,4,9-10,12-13H2,1-3H3,(H,25,29)(H,27,30)/t17?,18-,19?/m1/s1. The van der Waals surface area contributed by atoms with Crippen molar-refractivity contribution in [3.05, 3.63) is 53.2 Å². The third kappa shape index (κ3) is 4.22. The number of piperidine rings is 1. The van der Waals surface area contributed by atoms with Crippen molar-refractivity contribution in [1.29, 1.82) is 0 Å². The summed E-state index contributed by atoms with van der Waals surface area (Å²) >= 11 is 0. The smallest absolute Gasteiger partial charge is 0.252 e. The van der Waals surface area contributed by atoms with Gasteiger partial charge in [-0.15, -0.1) is 0 Å². The number of hydrogen-bond donors (Lipinski definition) is 2. The van der Waals surface area contributed by atoms with Gasteiger partial charge in [0, 0.05) is 42.0 Å². The molecule has 0 saturated carbocycles. The Hall–Kier alpha value is -3.09. The molecule has 31 heavy (non-hydrogen) atoms. The van der Waals surface area contributed by atoms with Crippen LogP contribution in [0.5, 0.6) is 5.75 Å². The highest BCUT2D eigenvalue weighted by Crippen LogP contribution is 2.38. The lowest BCUT2D eigenvalue weighted by molar-refractivity contribution is 0.0924. The van der Waals surface area contributed by atoms with Gasteiger partial charge in [0.15, 0.2) is 0 Å². The van der Waals surface area contributed by atoms with E-state index in [1.165, 1.54) is 0 Å². The second kappa shape index (κ2) is 8.96. The normalized spacial score (nSPS) is 22.2. The van der Waals surface area contributed by atoms with Crippen LogP contribution in [-0.4, -0.2) is 48.6 Å². The van der Waals surface area contributed by atoms with Crippen LogP contribution in [0.4, 0.5) is 5.82 Å². The molecule has 3 atom stereocenters. The molecule has 2 amide bonds. The van der Waals surface area contributed by atoms with E-state index in [1.54, 1.807) is 13.3 Å². The van der Waals surface area contributed by atoms with Gasteiger partial charge in [0.05, 0.1) is 12.7 Å². The second-order valence-electron chi connectivity index (χ2n) is 8.33. The first-order chi connectivity index (χ1) is 15.0. The zero-order chi connectivity index (χ0) is 22.0. The van der Waals surface area contributed by atoms with Crippen molar-refractivity contribution in [2.75, 3.05) is 18.6 Å². The lowest BCUT2D eigenvalue weighted by Gasteiger charge is -2.40. The zero-order valence-electron chi connectivity index (χ0n) is 18.4. The van der Waals surface area contributed by atoms with Gasteiger partial charge < -0.3 is 20.3 Å². The number of ether oxygens (including phenoxy) is 1. The van der Waals surface area contributed by atoms with Crippen LogP contribution in [0.1, 0.15) is 58.9 Å². The quantitative estimate of drug-likeness (QED) is 0.748. The van der Waals surface area contributed by atoms with Crippen molar-refractivity contribution >= 4 is 17.6 Å². The van der Waals surface area contributed by atoms with Crippen molar-refractivity contribution in [2.24, 2.45) is 0 Å². The fourth-order valence-corrected chi connectivity index (χ4v) is 4.95. The van der Waals surface area contributed by atoms with Gasteiger partial charge in [-0.3, -0.25) is 9.59 Å². The van der Waals surface area contributed by atoms with Crippen LogP contribution in [0.15, 0.2) is 36.5 Å². The first-order valence-corrected chi connectivity index (χ1v) is 11.0. The van der Waals surface area contributed by atoms with Crippen LogP contribution in [0.2, 0.25) is 0 Å². The topological polar surface area (TPSA) is 83.6 Å². The molecule has 1 aromatic heterocycles. The zero-order valence-corrected chi connectivity index (χ0v) is 18.4. The fraction of sp³-hybridized carbons (Fsp3) is 0.458. The molecular weight excluding hydrogens is 392 g/mol. The van der Waals surface area contributed by atoms with E-state index in [0.717, 1.165) is 42.8 Å². The molecule has 4 rings (SSSR count). The monoisotopic (exact) mass is 422 g/mol. The average Bonchev–Trinajstić information content (AvgIpc) is 3.04. The maximum Gasteiger partial charge on any atom is 0.252 e. The van der Waals surface area contributed by atoms with E-state index in [9.17, 15) is 9.59 Å². The average molecular weight is 423 g/mol. The fourth-order valence-electron chi connectivity index (χ4n) is 4.95. The molecule has 7 heteroatoms. The molecule has 3 heterocycles. The second-order valence-corrected chi connectivity index (χ2v) is 8.33. The summed E-state index contributed by atoms with van der Waals surface area (Å²) < 4.78 is 5.35. The van der Waals surface area contributed by atoms with E-state index in [0.29, 0.717) is 29.8 Å². The summed E-state index contributed by atoms with van der Waals surface area (Å²) in [5, 5.41) is 6.04. The SMILES string of the molecule is CCNC(=O)c1ccc(N2C3CC[C@@H]2CC(NC(=O)c2cccc(OC)c2C)C3)nc1. The summed E-state index contributed by atoms with van der Waals surface area (Å²) in [4.78, 5) is 31.8. The number of fused-ring (bicyclic) bond motifs is 2. The van der Waals surface area contributed by atoms with Crippen LogP contribution < -0.4 is 20.3 Å². The van der Waals surface area contributed by atoms with E-state index in [1.807, 2.05) is 44.2 Å². The molecule has 1 aromatic carbocycles. The molecule has 0 aliphatic carbocycles. The first kappa shape index (κ1) is 21.2. The Labute approximate surface area is 183 Å². The van der Waals surface area contributed by atoms with Gasteiger partial charge in [0.2, 0.25) is 0 Å². The van der Waals surface area contributed by atoms with E-state index in [2.05, 4.69) is 20.5 Å². The van der Waals surface area contributed by atoms with Gasteiger partial charge in [0.1, 0.15) is 11.6 Å². The van der Waals surface area contributed by atoms with E-state index < -0.39 is 0 Å². The van der Waals surface area contributed by atoms with Gasteiger partial charge in [-0.2, -0.15) is 0 Å². The molecular formula is C24H30N4O3. The number of carbonyl (C=O) groups excluding carboxylic acids is 2. The molecule has 2 aliphatic heterocycles. The minimum atomic E-state index is -0.0984. The lowest BCUT2D eigenvalue weighted by Crippen LogP contribution is -2.50. The van der Waals surface area contributed by atoms with Gasteiger partial charge in [-0.05, 0) is 63.8 Å². The van der Waals surface area contributed by atoms with Crippen LogP contribution in [0, 0.1) is 6.92 Å². The minimum absolute atomic E-state index is 0.0429. The molecule has 2 unspecified atom stereocenters. The summed E-state index contributed by atoms with van der Waals surface area (Å²) in [5.41, 5.74) is 2.10. The summed E-state index contributed by atoms with van der Waals surface area (Å²) in [6.07, 6.45) is 5.62. The molecule has 0 radical (unpaired) electrons. The molecule has 164 valence electrons. The van der Waals surface area contributed by atoms with Crippen molar-refractivity contribution in [1.82, 2.24) is 15.6 Å². The highest BCUT2D eigenvalue weighted by Gasteiger charge is 2.41. The van der Waals surface area contributed by atoms with Gasteiger partial charge >= 0.3 is 0 Å². The van der Waals surface area contributed by atoms with Crippen molar-refractivity contribution in [3.8, 4) is 5.75 Å². The summed E-state index contributed by atoms with van der Waals surface area (Å²) in [5.74, 6) is 1.50. The molecule has 2 fully saturated rings. The minimum Gasteiger partial charge on any atom is -0.496 e. The molecule has 2 saturated heterocycles. The van der Waals surface area contributed by atoms with Crippen molar-refractivity contribution in [3.63, 3.8) is 0 Å². The molecule has 2 N–H and O–H groups in total. The number of carbonyl (C=O) groups is 2. The number of anilines is 1. The van der Waals surface area contributed by atoms with Crippen molar-refractivity contribution in [2.45, 2.75) is 57.7 Å². The Morgan fingerprint density at radius 1 is 1.13 bits per heavy atom. The Kier molecular flexibility index (Phi) is 6.11. The Bertz CT molecular complexity index is 946. The van der Waals surface area contributed by atoms with E-state index >= 15 is 0 Å². The number of aromatic nitrogens is 1. The molecule has 7 nitrogen and oxygen atoms in total. The highest BCUT2D eigenvalue weighted by molar-refractivity contribution is 5.96. The number of nitrogens with zero attached hydrogens (tertiary/aromatic N) is 2. The molecule has 2 bridgehead atoms. The maximum atomic E-state index is 12.9. The summed E-state index contributed by atoms with van der Waals surface area (Å²) in [7, 11) is 1.62. The van der Waals surface area contributed by atoms with E-state index in [4.69, 9.17) is 4.74 Å². The van der Waals surface area contributed by atoms with Crippen LogP contribution >= 0.6 is 0 Å². The van der Waals surface area contributed by atoms with Gasteiger partial charge in [-0.25, -0.2) is 4.98 Å². The maximum absolute atomic E-state index is 12.9. The number of rotatable bonds is 6. The first-order valence-electron chi connectivity index (χ1n) is 11.0. The summed E-state index contributed by atoms with van der Waals surface area (Å²) in [6, 6.07) is 10.2. The van der Waals surface area contributed by atoms with Gasteiger partial charge in [-0.1, -0.05) is 6.07 Å². The van der Waals surface area contributed by atoms with Gasteiger partial charge in [0.25, 0.3) is 11.8 Å². The number of benzene rings is 1. The predicted molar refractivity (Wildman–Crippen MR) is 120 cm³/mol. The van der Waals surface area contributed by atoms with Crippen LogP contribution in [0.3, 0.4) is 0 Å². The third-order valence-corrected chi connectivity index (χ3v) is 6.43. The number of hydrogen-bond acceptors (Lipinski definition) is 5. The molecule has 2 aliphatic rings. The number of amides is 2. The highest BCUT2D eigenvalue weighted by atomic mass is 16.5. The van der Waals surface area contributed by atoms with Crippen LogP contribution in [-0.2, 0) is 0 Å². The molecule has 2 aromatic rings. The third-order valence-electron chi connectivity index (χ3n) is 6.43. The van der Waals surface area contributed by atoms with Crippen LogP contribution in [0.25, 0.3) is 0 Å². The number of methoxy groups -OCH3 is 1. The number of pyridine rings is 1. The predicted octanol–water partition coefficient (Wildman–Crippen LogP) is 3.08. The summed E-state index contributed by atoms with van der Waals surface area (Å²) in [6.45, 7) is 4.41. The Morgan fingerprint density at radius 2 is 1.87 bits per heavy atom. The molecule has 0 spiro atoms. The Balaban J connectivity index is 1.43. The lowest BCUT2D eigenvalue weighted by atomic mass is 9.96. The Morgan fingerprint density at radius 3 is 2.48 bits per heavy atom. The van der Waals surface area contributed by atoms with Crippen molar-refractivity contribution < 1.29 is 14.3 Å². The number of nitrogens with one attached hydrogen (secondary N) is 2. The van der Waals surface area contributed by atoms with E-state index in [-0.39, 0.29) is 17.9 Å².